The first-order chi connectivity index (χ1) is 17.2. The van der Waals surface area contributed by atoms with Gasteiger partial charge in [0.2, 0.25) is 17.7 Å². The van der Waals surface area contributed by atoms with Crippen LogP contribution in [-0.2, 0) is 11.0 Å². The highest BCUT2D eigenvalue weighted by Gasteiger charge is 2.24. The average molecular weight is 498 g/mol. The lowest BCUT2D eigenvalue weighted by atomic mass is 9.90. The third-order valence-corrected chi connectivity index (χ3v) is 7.62. The number of pyridine rings is 1. The van der Waals surface area contributed by atoms with Gasteiger partial charge in [-0.25, -0.2) is 9.19 Å². The normalized spacial score (nSPS) is 17.7. The van der Waals surface area contributed by atoms with E-state index in [9.17, 15) is 4.21 Å². The van der Waals surface area contributed by atoms with Crippen LogP contribution in [0.1, 0.15) is 38.5 Å². The zero-order chi connectivity index (χ0) is 24.0. The number of aromatic nitrogens is 3. The smallest absolute Gasteiger partial charge is 0.250 e. The predicted molar refractivity (Wildman–Crippen MR) is 136 cm³/mol. The zero-order valence-corrected chi connectivity index (χ0v) is 20.5. The van der Waals surface area contributed by atoms with Crippen LogP contribution in [0, 0.1) is 5.92 Å². The Morgan fingerprint density at radius 1 is 1.06 bits per heavy atom. The molecule has 5 heterocycles. The number of anilines is 2. The van der Waals surface area contributed by atoms with Crippen LogP contribution in [-0.4, -0.2) is 56.6 Å². The quantitative estimate of drug-likeness (QED) is 0.555. The highest BCUT2D eigenvalue weighted by atomic mass is 32.2. The fraction of sp³-hybridized carbons (Fsp3) is 0.480. The molecule has 9 nitrogen and oxygen atoms in total. The van der Waals surface area contributed by atoms with Crippen LogP contribution >= 0.6 is 0 Å². The molecular formula is C25H31N5O4S. The first-order valence-corrected chi connectivity index (χ1v) is 13.6. The largest absolute Gasteiger partial charge is 0.478 e. The molecule has 1 fully saturated rings. The van der Waals surface area contributed by atoms with Crippen LogP contribution in [0.15, 0.2) is 40.9 Å². The number of piperidine rings is 1. The summed E-state index contributed by atoms with van der Waals surface area (Å²) in [6.45, 7) is 2.40. The van der Waals surface area contributed by atoms with Crippen molar-refractivity contribution >= 4 is 22.4 Å². The number of aliphatic hydroxyl groups excluding tert-OH is 1. The Kier molecular flexibility index (Phi) is 7.58. The molecule has 2 N–H and O–H groups in total. The predicted octanol–water partition coefficient (Wildman–Crippen LogP) is 4.04. The van der Waals surface area contributed by atoms with Gasteiger partial charge < -0.3 is 23.9 Å². The number of hydrogen-bond acceptors (Lipinski definition) is 8. The fourth-order valence-electron chi connectivity index (χ4n) is 4.72. The van der Waals surface area contributed by atoms with Gasteiger partial charge in [-0.05, 0) is 49.4 Å². The maximum absolute atomic E-state index is 12.2. The van der Waals surface area contributed by atoms with Crippen molar-refractivity contribution in [3.63, 3.8) is 0 Å². The lowest BCUT2D eigenvalue weighted by molar-refractivity contribution is 0.288. The summed E-state index contributed by atoms with van der Waals surface area (Å²) in [6.07, 6.45) is 8.57. The Morgan fingerprint density at radius 2 is 1.91 bits per heavy atom. The van der Waals surface area contributed by atoms with Crippen molar-refractivity contribution in [3.05, 3.63) is 36.5 Å². The van der Waals surface area contributed by atoms with Crippen LogP contribution in [0.25, 0.3) is 22.9 Å². The number of rotatable bonds is 4. The molecule has 1 aromatic carbocycles. The van der Waals surface area contributed by atoms with Gasteiger partial charge in [0.05, 0.1) is 30.2 Å². The van der Waals surface area contributed by atoms with Gasteiger partial charge in [-0.2, -0.15) is 0 Å². The van der Waals surface area contributed by atoms with Gasteiger partial charge in [0.25, 0.3) is 0 Å². The third kappa shape index (κ3) is 5.82. The summed E-state index contributed by atoms with van der Waals surface area (Å²) in [5, 5.41) is 17.8. The van der Waals surface area contributed by atoms with E-state index in [1.807, 2.05) is 30.3 Å². The Balaban J connectivity index is 1.50. The van der Waals surface area contributed by atoms with Crippen LogP contribution < -0.4 is 14.4 Å². The van der Waals surface area contributed by atoms with Gasteiger partial charge in [0.1, 0.15) is 11.0 Å². The summed E-state index contributed by atoms with van der Waals surface area (Å²) in [7, 11) is -1.35. The van der Waals surface area contributed by atoms with Gasteiger partial charge in [0.15, 0.2) is 0 Å². The van der Waals surface area contributed by atoms with Gasteiger partial charge in [0, 0.05) is 36.6 Å². The third-order valence-electron chi connectivity index (χ3n) is 6.61. The number of fused-ring (bicyclic) bond motifs is 7. The molecule has 10 heteroatoms. The highest BCUT2D eigenvalue weighted by molar-refractivity contribution is 7.86. The molecule has 0 amide bonds. The number of hydrogen-bond donors (Lipinski definition) is 2. The maximum Gasteiger partial charge on any atom is 0.250 e. The van der Waals surface area contributed by atoms with E-state index in [0.29, 0.717) is 24.3 Å². The second-order valence-electron chi connectivity index (χ2n) is 9.03. The number of nitrogens with one attached hydrogen (secondary N) is 1. The van der Waals surface area contributed by atoms with E-state index in [0.717, 1.165) is 67.2 Å². The van der Waals surface area contributed by atoms with Crippen LogP contribution in [0.5, 0.6) is 5.88 Å². The van der Waals surface area contributed by atoms with Crippen LogP contribution in [0.4, 0.5) is 11.4 Å². The monoisotopic (exact) mass is 497 g/mol. The Morgan fingerprint density at radius 3 is 2.77 bits per heavy atom. The average Bonchev–Trinajstić information content (AvgIpc) is 3.37. The topological polar surface area (TPSA) is 114 Å². The van der Waals surface area contributed by atoms with Crippen molar-refractivity contribution in [1.29, 1.82) is 0 Å². The molecule has 0 spiro atoms. The van der Waals surface area contributed by atoms with Crippen LogP contribution in [0.3, 0.4) is 0 Å². The Labute approximate surface area is 207 Å². The molecule has 186 valence electrons. The summed E-state index contributed by atoms with van der Waals surface area (Å²) in [4.78, 5) is 6.67. The lowest BCUT2D eigenvalue weighted by Crippen LogP contribution is -2.34. The highest BCUT2D eigenvalue weighted by Crippen LogP contribution is 2.37. The molecule has 0 saturated carbocycles. The second kappa shape index (κ2) is 11.2. The molecule has 6 rings (SSSR count). The first-order valence-electron chi connectivity index (χ1n) is 12.3. The molecule has 0 aliphatic carbocycles. The van der Waals surface area contributed by atoms with E-state index in [1.165, 1.54) is 12.8 Å². The lowest BCUT2D eigenvalue weighted by Gasteiger charge is -2.34. The van der Waals surface area contributed by atoms with Crippen molar-refractivity contribution in [2.45, 2.75) is 38.5 Å². The fourth-order valence-corrected chi connectivity index (χ4v) is 5.38. The SMILES string of the molecule is O=S(CCO)Nc1ccc2c(c1)N1CCC(CCCCCOc3cc(ccn3)-c3nnc-2o3)CC1. The minimum absolute atomic E-state index is 0.134. The molecule has 1 atom stereocenters. The summed E-state index contributed by atoms with van der Waals surface area (Å²) >= 11 is 0. The standard InChI is InChI=1S/C25H31N5O4S/c31-13-15-35(32)29-20-5-6-21-22(17-20)30-11-8-18(9-12-30)4-2-1-3-14-33-23-16-19(7-10-26-23)24-27-28-25(21)34-24/h5-7,10,16-18,29,31H,1-4,8-9,11-15H2. The Hall–Kier alpha value is -2.98. The molecule has 1 saturated heterocycles. The number of benzene rings is 1. The maximum atomic E-state index is 12.2. The van der Waals surface area contributed by atoms with Crippen LogP contribution in [0.2, 0.25) is 0 Å². The van der Waals surface area contributed by atoms with Crippen molar-refractivity contribution in [2.75, 3.05) is 41.7 Å². The Bertz CT molecular complexity index is 1160. The van der Waals surface area contributed by atoms with E-state index in [1.54, 1.807) is 6.20 Å². The molecule has 0 radical (unpaired) electrons. The summed E-state index contributed by atoms with van der Waals surface area (Å²) < 4.78 is 27.2. The molecular weight excluding hydrogens is 466 g/mol. The molecule has 6 bridgehead atoms. The molecule has 3 aliphatic rings. The van der Waals surface area contributed by atoms with E-state index in [-0.39, 0.29) is 12.4 Å². The van der Waals surface area contributed by atoms with Gasteiger partial charge in [-0.15, -0.1) is 10.2 Å². The molecule has 3 aliphatic heterocycles. The number of ether oxygens (including phenoxy) is 1. The summed E-state index contributed by atoms with van der Waals surface area (Å²) in [5.41, 5.74) is 3.31. The van der Waals surface area contributed by atoms with Crippen molar-refractivity contribution < 1.29 is 18.5 Å². The minimum atomic E-state index is -1.35. The van der Waals surface area contributed by atoms with Crippen molar-refractivity contribution in [1.82, 2.24) is 15.2 Å². The van der Waals surface area contributed by atoms with Gasteiger partial charge >= 0.3 is 0 Å². The number of nitrogens with zero attached hydrogens (tertiary/aromatic N) is 4. The number of aliphatic hydroxyl groups is 1. The van der Waals surface area contributed by atoms with E-state index < -0.39 is 11.0 Å². The van der Waals surface area contributed by atoms with Gasteiger partial charge in [-0.3, -0.25) is 0 Å². The molecule has 1 unspecified atom stereocenters. The zero-order valence-electron chi connectivity index (χ0n) is 19.7. The van der Waals surface area contributed by atoms with E-state index >= 15 is 0 Å². The van der Waals surface area contributed by atoms with Crippen molar-refractivity contribution in [2.24, 2.45) is 5.92 Å². The molecule has 2 aromatic heterocycles. The molecule has 35 heavy (non-hydrogen) atoms. The van der Waals surface area contributed by atoms with Gasteiger partial charge in [-0.1, -0.05) is 19.3 Å². The summed E-state index contributed by atoms with van der Waals surface area (Å²) in [5.74, 6) is 2.29. The molecule has 3 aromatic rings. The first kappa shape index (κ1) is 23.7. The van der Waals surface area contributed by atoms with E-state index in [4.69, 9.17) is 14.3 Å². The minimum Gasteiger partial charge on any atom is -0.478 e. The summed E-state index contributed by atoms with van der Waals surface area (Å²) in [6, 6.07) is 9.44. The van der Waals surface area contributed by atoms with E-state index in [2.05, 4.69) is 24.8 Å². The van der Waals surface area contributed by atoms with Crippen molar-refractivity contribution in [3.8, 4) is 28.8 Å². The second-order valence-corrected chi connectivity index (χ2v) is 10.3.